The van der Waals surface area contributed by atoms with Gasteiger partial charge < -0.3 is 5.73 Å². The van der Waals surface area contributed by atoms with Gasteiger partial charge in [0.05, 0.1) is 12.2 Å². The number of nitrogens with zero attached hydrogens (tertiary/aromatic N) is 1. The Hall–Kier alpha value is -0.550. The Kier molecular flexibility index (Phi) is 8.31. The molecule has 12 heavy (non-hydrogen) atoms. The smallest absolute Gasteiger partial charge is 0.123 e. The van der Waals surface area contributed by atoms with Crippen LogP contribution < -0.4 is 17.0 Å². The summed E-state index contributed by atoms with van der Waals surface area (Å²) in [5, 5.41) is 0. The van der Waals surface area contributed by atoms with E-state index < -0.39 is 0 Å². The summed E-state index contributed by atoms with van der Waals surface area (Å²) >= 11 is 0. The van der Waals surface area contributed by atoms with Crippen molar-refractivity contribution >= 4 is 30.6 Å². The highest BCUT2D eigenvalue weighted by Crippen LogP contribution is 1.98. The third-order valence-corrected chi connectivity index (χ3v) is 1.11. The number of nitrogens with one attached hydrogen (secondary N) is 1. The second-order valence-electron chi connectivity index (χ2n) is 1.93. The molecule has 0 fully saturated rings. The van der Waals surface area contributed by atoms with Crippen molar-refractivity contribution in [3.63, 3.8) is 0 Å². The van der Waals surface area contributed by atoms with E-state index in [-0.39, 0.29) is 24.8 Å². The maximum absolute atomic E-state index is 5.41. The molecule has 0 aliphatic heterocycles. The summed E-state index contributed by atoms with van der Waals surface area (Å²) in [5.74, 6) is 5.60. The van der Waals surface area contributed by atoms with Crippen molar-refractivity contribution in [2.45, 2.75) is 6.54 Å². The standard InChI is InChI=1S/C6H10N4.2ClH/c7-6-3-1-2-5(10-6)4-9-8;;/h1-3,9H,4,8H2,(H2,7,10);2*1H. The molecule has 0 aliphatic rings. The fourth-order valence-electron chi connectivity index (χ4n) is 0.701. The van der Waals surface area contributed by atoms with Crippen LogP contribution in [0.4, 0.5) is 5.82 Å². The molecule has 0 atom stereocenters. The second kappa shape index (κ2) is 7.12. The van der Waals surface area contributed by atoms with Crippen molar-refractivity contribution < 1.29 is 0 Å². The van der Waals surface area contributed by atoms with Crippen LogP contribution in [0.1, 0.15) is 5.69 Å². The Morgan fingerprint density at radius 2 is 2.00 bits per heavy atom. The predicted octanol–water partition coefficient (Wildman–Crippen LogP) is 0.471. The van der Waals surface area contributed by atoms with Crippen molar-refractivity contribution in [1.82, 2.24) is 10.4 Å². The van der Waals surface area contributed by atoms with Gasteiger partial charge in [0.1, 0.15) is 5.82 Å². The molecule has 1 aromatic heterocycles. The van der Waals surface area contributed by atoms with Crippen LogP contribution in [0.15, 0.2) is 18.2 Å². The van der Waals surface area contributed by atoms with Crippen molar-refractivity contribution in [3.8, 4) is 0 Å². The van der Waals surface area contributed by atoms with Gasteiger partial charge in [0.15, 0.2) is 0 Å². The molecule has 4 nitrogen and oxygen atoms in total. The molecule has 70 valence electrons. The number of aromatic nitrogens is 1. The molecule has 0 aromatic carbocycles. The van der Waals surface area contributed by atoms with E-state index in [4.69, 9.17) is 11.6 Å². The lowest BCUT2D eigenvalue weighted by atomic mass is 10.3. The first-order chi connectivity index (χ1) is 4.83. The monoisotopic (exact) mass is 210 g/mol. The lowest BCUT2D eigenvalue weighted by molar-refractivity contribution is 0.724. The Morgan fingerprint density at radius 3 is 2.50 bits per heavy atom. The Morgan fingerprint density at radius 1 is 1.33 bits per heavy atom. The number of hydrazine groups is 1. The van der Waals surface area contributed by atoms with Crippen LogP contribution in [0.25, 0.3) is 0 Å². The zero-order valence-corrected chi connectivity index (χ0v) is 7.99. The number of anilines is 1. The van der Waals surface area contributed by atoms with Gasteiger partial charge in [-0.3, -0.25) is 11.3 Å². The Labute approximate surface area is 83.5 Å². The number of halogens is 2. The number of rotatable bonds is 2. The average molecular weight is 211 g/mol. The highest BCUT2D eigenvalue weighted by Gasteiger charge is 1.90. The molecular formula is C6H12Cl2N4. The first kappa shape index (κ1) is 14.0. The van der Waals surface area contributed by atoms with Crippen LogP contribution in [0.5, 0.6) is 0 Å². The summed E-state index contributed by atoms with van der Waals surface area (Å²) in [5.41, 5.74) is 8.75. The van der Waals surface area contributed by atoms with Crippen molar-refractivity contribution in [1.29, 1.82) is 0 Å². The van der Waals surface area contributed by atoms with Crippen molar-refractivity contribution in [3.05, 3.63) is 23.9 Å². The van der Waals surface area contributed by atoms with Crippen LogP contribution in [-0.2, 0) is 6.54 Å². The van der Waals surface area contributed by atoms with Gasteiger partial charge >= 0.3 is 0 Å². The van der Waals surface area contributed by atoms with Gasteiger partial charge in [-0.2, -0.15) is 0 Å². The lowest BCUT2D eigenvalue weighted by Gasteiger charge is -1.98. The van der Waals surface area contributed by atoms with E-state index in [2.05, 4.69) is 10.4 Å². The molecule has 5 N–H and O–H groups in total. The van der Waals surface area contributed by atoms with Crippen molar-refractivity contribution in [2.75, 3.05) is 5.73 Å². The number of nitrogens with two attached hydrogens (primary N) is 2. The minimum Gasteiger partial charge on any atom is -0.384 e. The molecule has 0 spiro atoms. The van der Waals surface area contributed by atoms with Crippen LogP contribution in [-0.4, -0.2) is 4.98 Å². The molecule has 6 heteroatoms. The van der Waals surface area contributed by atoms with Gasteiger partial charge in [-0.05, 0) is 12.1 Å². The van der Waals surface area contributed by atoms with Crippen LogP contribution in [0, 0.1) is 0 Å². The Balaban J connectivity index is 0. The maximum Gasteiger partial charge on any atom is 0.123 e. The van der Waals surface area contributed by atoms with Gasteiger partial charge in [0, 0.05) is 0 Å². The highest BCUT2D eigenvalue weighted by atomic mass is 35.5. The molecule has 0 aliphatic carbocycles. The minimum atomic E-state index is 0. The van der Waals surface area contributed by atoms with Crippen LogP contribution in [0.2, 0.25) is 0 Å². The summed E-state index contributed by atoms with van der Waals surface area (Å²) in [7, 11) is 0. The molecule has 0 unspecified atom stereocenters. The Bertz CT molecular complexity index is 218. The molecule has 1 rings (SSSR count). The molecule has 1 aromatic rings. The lowest BCUT2D eigenvalue weighted by Crippen LogP contribution is -2.21. The van der Waals surface area contributed by atoms with Crippen LogP contribution in [0.3, 0.4) is 0 Å². The van der Waals surface area contributed by atoms with Gasteiger partial charge in [-0.1, -0.05) is 6.07 Å². The minimum absolute atomic E-state index is 0. The van der Waals surface area contributed by atoms with E-state index in [9.17, 15) is 0 Å². The number of nitrogen functional groups attached to an aromatic ring is 1. The zero-order valence-electron chi connectivity index (χ0n) is 6.36. The number of hydrogen-bond donors (Lipinski definition) is 3. The van der Waals surface area contributed by atoms with E-state index in [1.165, 1.54) is 0 Å². The zero-order chi connectivity index (χ0) is 7.40. The van der Waals surface area contributed by atoms with E-state index >= 15 is 0 Å². The third-order valence-electron chi connectivity index (χ3n) is 1.11. The fourth-order valence-corrected chi connectivity index (χ4v) is 0.701. The quantitative estimate of drug-likeness (QED) is 0.491. The summed E-state index contributed by atoms with van der Waals surface area (Å²) < 4.78 is 0. The van der Waals surface area contributed by atoms with E-state index in [0.717, 1.165) is 5.69 Å². The number of hydrogen-bond acceptors (Lipinski definition) is 4. The molecule has 0 radical (unpaired) electrons. The highest BCUT2D eigenvalue weighted by molar-refractivity contribution is 5.85. The normalized spacial score (nSPS) is 8.08. The largest absolute Gasteiger partial charge is 0.384 e. The van der Waals surface area contributed by atoms with Gasteiger partial charge in [0.25, 0.3) is 0 Å². The fraction of sp³-hybridized carbons (Fsp3) is 0.167. The molecule has 0 saturated heterocycles. The SMILES string of the molecule is Cl.Cl.NNCc1cccc(N)n1. The third kappa shape index (κ3) is 4.35. The summed E-state index contributed by atoms with van der Waals surface area (Å²) in [6.45, 7) is 0.547. The van der Waals surface area contributed by atoms with Gasteiger partial charge in [-0.25, -0.2) is 4.98 Å². The first-order valence-corrected chi connectivity index (χ1v) is 2.98. The van der Waals surface area contributed by atoms with Gasteiger partial charge in [-0.15, -0.1) is 24.8 Å². The predicted molar refractivity (Wildman–Crippen MR) is 54.2 cm³/mol. The first-order valence-electron chi connectivity index (χ1n) is 2.98. The maximum atomic E-state index is 5.41. The second-order valence-corrected chi connectivity index (χ2v) is 1.93. The topological polar surface area (TPSA) is 77.0 Å². The molecular weight excluding hydrogens is 199 g/mol. The van der Waals surface area contributed by atoms with Crippen molar-refractivity contribution in [2.24, 2.45) is 5.84 Å². The van der Waals surface area contributed by atoms with Crippen LogP contribution >= 0.6 is 24.8 Å². The van der Waals surface area contributed by atoms with E-state index in [0.29, 0.717) is 12.4 Å². The summed E-state index contributed by atoms with van der Waals surface area (Å²) in [6, 6.07) is 5.44. The molecule has 0 bridgehead atoms. The number of pyridine rings is 1. The molecule has 0 saturated carbocycles. The average Bonchev–Trinajstić information content (AvgIpc) is 1.88. The summed E-state index contributed by atoms with van der Waals surface area (Å²) in [4.78, 5) is 4.00. The summed E-state index contributed by atoms with van der Waals surface area (Å²) in [6.07, 6.45) is 0. The molecule has 0 amide bonds. The van der Waals surface area contributed by atoms with Gasteiger partial charge in [0.2, 0.25) is 0 Å². The van der Waals surface area contributed by atoms with E-state index in [1.54, 1.807) is 6.07 Å². The van der Waals surface area contributed by atoms with E-state index in [1.807, 2.05) is 12.1 Å². The molecule has 1 heterocycles.